The van der Waals surface area contributed by atoms with Crippen molar-refractivity contribution < 1.29 is 4.74 Å². The molecule has 0 unspecified atom stereocenters. The van der Waals surface area contributed by atoms with E-state index in [1.165, 1.54) is 0 Å². The number of nitrogens with zero attached hydrogens (tertiary/aromatic N) is 1. The van der Waals surface area contributed by atoms with Crippen LogP contribution in [0, 0.1) is 6.92 Å². The highest BCUT2D eigenvalue weighted by Gasteiger charge is 2.06. The number of pyridine rings is 1. The molecule has 1 heterocycles. The lowest BCUT2D eigenvalue weighted by atomic mass is 9.94. The van der Waals surface area contributed by atoms with E-state index in [0.717, 1.165) is 22.2 Å². The molecular weight excluding hydrogens is 208 g/mol. The molecule has 0 atom stereocenters. The van der Waals surface area contributed by atoms with Crippen molar-refractivity contribution in [1.29, 1.82) is 0 Å². The molecule has 0 bridgehead atoms. The number of halogens is 1. The van der Waals surface area contributed by atoms with Gasteiger partial charge in [0.2, 0.25) is 0 Å². The van der Waals surface area contributed by atoms with Gasteiger partial charge < -0.3 is 4.74 Å². The standard InChI is InChI=1S/C11H9BClNO/c1-6-3-8-9(14-11(6)13)4-7(12)5-10(8)15-2/h3-5H,1-2H3. The highest BCUT2D eigenvalue weighted by Crippen LogP contribution is 2.26. The quantitative estimate of drug-likeness (QED) is 0.538. The maximum absolute atomic E-state index is 5.94. The van der Waals surface area contributed by atoms with E-state index < -0.39 is 0 Å². The zero-order valence-corrected chi connectivity index (χ0v) is 9.30. The lowest BCUT2D eigenvalue weighted by molar-refractivity contribution is 0.420. The fourth-order valence-corrected chi connectivity index (χ4v) is 1.65. The SMILES string of the molecule is [B]c1cc(OC)c2cc(C)c(Cl)nc2c1. The van der Waals surface area contributed by atoms with Crippen molar-refractivity contribution in [2.75, 3.05) is 7.11 Å². The van der Waals surface area contributed by atoms with Crippen LogP contribution in [0.5, 0.6) is 5.75 Å². The molecule has 0 N–H and O–H groups in total. The van der Waals surface area contributed by atoms with Gasteiger partial charge in [0.25, 0.3) is 0 Å². The summed E-state index contributed by atoms with van der Waals surface area (Å²) < 4.78 is 5.24. The summed E-state index contributed by atoms with van der Waals surface area (Å²) in [6.07, 6.45) is 0. The van der Waals surface area contributed by atoms with Crippen molar-refractivity contribution in [2.24, 2.45) is 0 Å². The van der Waals surface area contributed by atoms with Gasteiger partial charge in [0.05, 0.1) is 12.6 Å². The summed E-state index contributed by atoms with van der Waals surface area (Å²) in [5, 5.41) is 1.42. The average Bonchev–Trinajstić information content (AvgIpc) is 2.19. The Kier molecular flexibility index (Phi) is 2.57. The monoisotopic (exact) mass is 217 g/mol. The van der Waals surface area contributed by atoms with Crippen molar-refractivity contribution in [3.8, 4) is 5.75 Å². The van der Waals surface area contributed by atoms with Crippen LogP contribution in [0.15, 0.2) is 18.2 Å². The summed E-state index contributed by atoms with van der Waals surface area (Å²) >= 11 is 5.94. The molecule has 0 amide bonds. The molecule has 0 aliphatic heterocycles. The third-order valence-corrected chi connectivity index (χ3v) is 2.65. The molecule has 0 saturated carbocycles. The predicted molar refractivity (Wildman–Crippen MR) is 63.4 cm³/mol. The third kappa shape index (κ3) is 1.79. The minimum Gasteiger partial charge on any atom is -0.496 e. The molecule has 0 aliphatic carbocycles. The normalized spacial score (nSPS) is 10.6. The largest absolute Gasteiger partial charge is 0.496 e. The number of fused-ring (bicyclic) bond motifs is 1. The van der Waals surface area contributed by atoms with E-state index in [9.17, 15) is 0 Å². The minimum atomic E-state index is 0.496. The first-order valence-corrected chi connectivity index (χ1v) is 4.90. The Hall–Kier alpha value is -1.22. The predicted octanol–water partition coefficient (Wildman–Crippen LogP) is 2.00. The van der Waals surface area contributed by atoms with E-state index in [1.54, 1.807) is 19.2 Å². The topological polar surface area (TPSA) is 22.1 Å². The fourth-order valence-electron chi connectivity index (χ4n) is 1.51. The summed E-state index contributed by atoms with van der Waals surface area (Å²) in [6.45, 7) is 1.91. The van der Waals surface area contributed by atoms with Gasteiger partial charge in [-0.15, -0.1) is 0 Å². The van der Waals surface area contributed by atoms with Gasteiger partial charge in [0.15, 0.2) is 0 Å². The van der Waals surface area contributed by atoms with Gasteiger partial charge >= 0.3 is 0 Å². The van der Waals surface area contributed by atoms with Crippen LogP contribution in [0.25, 0.3) is 10.9 Å². The van der Waals surface area contributed by atoms with Gasteiger partial charge in [-0.3, -0.25) is 0 Å². The van der Waals surface area contributed by atoms with E-state index in [2.05, 4.69) is 4.98 Å². The average molecular weight is 217 g/mol. The number of ether oxygens (including phenoxy) is 1. The van der Waals surface area contributed by atoms with E-state index in [4.69, 9.17) is 24.2 Å². The zero-order chi connectivity index (χ0) is 11.0. The second-order valence-corrected chi connectivity index (χ2v) is 3.74. The van der Waals surface area contributed by atoms with Crippen molar-refractivity contribution in [3.05, 3.63) is 28.9 Å². The summed E-state index contributed by atoms with van der Waals surface area (Å²) in [6, 6.07) is 5.50. The van der Waals surface area contributed by atoms with Crippen LogP contribution < -0.4 is 10.2 Å². The number of aryl methyl sites for hydroxylation is 1. The van der Waals surface area contributed by atoms with Crippen molar-refractivity contribution >= 4 is 35.8 Å². The molecule has 0 spiro atoms. The summed E-state index contributed by atoms with van der Waals surface area (Å²) in [5.41, 5.74) is 2.29. The van der Waals surface area contributed by atoms with Gasteiger partial charge in [0, 0.05) is 5.39 Å². The third-order valence-electron chi connectivity index (χ3n) is 2.27. The fraction of sp³-hybridized carbons (Fsp3) is 0.182. The van der Waals surface area contributed by atoms with Crippen molar-refractivity contribution in [1.82, 2.24) is 4.98 Å². The Morgan fingerprint density at radius 3 is 2.73 bits per heavy atom. The summed E-state index contributed by atoms with van der Waals surface area (Å²) in [4.78, 5) is 4.25. The minimum absolute atomic E-state index is 0.496. The van der Waals surface area contributed by atoms with Gasteiger partial charge in [-0.1, -0.05) is 17.1 Å². The molecule has 2 aromatic rings. The van der Waals surface area contributed by atoms with Gasteiger partial charge in [-0.05, 0) is 30.7 Å². The van der Waals surface area contributed by atoms with Crippen LogP contribution in [-0.2, 0) is 0 Å². The smallest absolute Gasteiger partial charge is 0.132 e. The summed E-state index contributed by atoms with van der Waals surface area (Å²) in [5.74, 6) is 0.720. The van der Waals surface area contributed by atoms with Crippen LogP contribution >= 0.6 is 11.6 Å². The van der Waals surface area contributed by atoms with E-state index >= 15 is 0 Å². The van der Waals surface area contributed by atoms with E-state index in [-0.39, 0.29) is 0 Å². The Labute approximate surface area is 94.6 Å². The number of benzene rings is 1. The highest BCUT2D eigenvalue weighted by molar-refractivity contribution is 6.34. The first kappa shape index (κ1) is 10.3. The van der Waals surface area contributed by atoms with E-state index in [0.29, 0.717) is 10.6 Å². The van der Waals surface area contributed by atoms with Crippen LogP contribution in [-0.4, -0.2) is 19.9 Å². The van der Waals surface area contributed by atoms with Crippen molar-refractivity contribution in [3.63, 3.8) is 0 Å². The number of rotatable bonds is 1. The first-order valence-electron chi connectivity index (χ1n) is 4.52. The Bertz CT molecular complexity index is 527. The number of hydrogen-bond acceptors (Lipinski definition) is 2. The molecule has 0 saturated heterocycles. The lowest BCUT2D eigenvalue weighted by Gasteiger charge is -2.08. The molecule has 2 nitrogen and oxygen atoms in total. The molecular formula is C11H9BClNO. The van der Waals surface area contributed by atoms with E-state index in [1.807, 2.05) is 13.0 Å². The van der Waals surface area contributed by atoms with Gasteiger partial charge in [0.1, 0.15) is 18.7 Å². The molecule has 2 rings (SSSR count). The molecule has 0 fully saturated rings. The molecule has 74 valence electrons. The van der Waals surface area contributed by atoms with Crippen LogP contribution in [0.3, 0.4) is 0 Å². The molecule has 0 aliphatic rings. The molecule has 1 aromatic carbocycles. The first-order chi connectivity index (χ1) is 7.11. The highest BCUT2D eigenvalue weighted by atomic mass is 35.5. The summed E-state index contributed by atoms with van der Waals surface area (Å²) in [7, 11) is 7.33. The van der Waals surface area contributed by atoms with Crippen molar-refractivity contribution in [2.45, 2.75) is 6.92 Å². The maximum Gasteiger partial charge on any atom is 0.132 e. The Morgan fingerprint density at radius 1 is 1.33 bits per heavy atom. The Balaban J connectivity index is 2.84. The molecule has 15 heavy (non-hydrogen) atoms. The number of methoxy groups -OCH3 is 1. The second kappa shape index (κ2) is 3.74. The molecule has 4 heteroatoms. The maximum atomic E-state index is 5.94. The van der Waals surface area contributed by atoms with Crippen LogP contribution in [0.1, 0.15) is 5.56 Å². The van der Waals surface area contributed by atoms with Gasteiger partial charge in [-0.2, -0.15) is 0 Å². The van der Waals surface area contributed by atoms with Crippen LogP contribution in [0.2, 0.25) is 5.15 Å². The van der Waals surface area contributed by atoms with Crippen LogP contribution in [0.4, 0.5) is 0 Å². The number of aromatic nitrogens is 1. The second-order valence-electron chi connectivity index (χ2n) is 3.39. The molecule has 1 aromatic heterocycles. The molecule has 2 radical (unpaired) electrons. The Morgan fingerprint density at radius 2 is 2.07 bits per heavy atom. The zero-order valence-electron chi connectivity index (χ0n) is 8.54. The number of hydrogen-bond donors (Lipinski definition) is 0. The van der Waals surface area contributed by atoms with Gasteiger partial charge in [-0.25, -0.2) is 4.98 Å². The lowest BCUT2D eigenvalue weighted by Crippen LogP contribution is -2.03.